The van der Waals surface area contributed by atoms with E-state index in [1.165, 1.54) is 35.9 Å². The molecule has 5 rings (SSSR count). The molecule has 2 aliphatic heterocycles. The van der Waals surface area contributed by atoms with Gasteiger partial charge < -0.3 is 4.90 Å². The number of likely N-dealkylation sites (tertiary alicyclic amines) is 1. The van der Waals surface area contributed by atoms with Crippen LogP contribution in [-0.4, -0.2) is 51.0 Å². The van der Waals surface area contributed by atoms with Crippen molar-refractivity contribution in [1.82, 2.24) is 19.9 Å². The highest BCUT2D eigenvalue weighted by Gasteiger charge is 2.44. The van der Waals surface area contributed by atoms with Gasteiger partial charge in [0.15, 0.2) is 0 Å². The molecule has 2 saturated heterocycles. The lowest BCUT2D eigenvalue weighted by molar-refractivity contribution is 0.0150. The highest BCUT2D eigenvalue weighted by molar-refractivity contribution is 7.15. The highest BCUT2D eigenvalue weighted by Crippen LogP contribution is 2.35. The Kier molecular flexibility index (Phi) is 5.33. The summed E-state index contributed by atoms with van der Waals surface area (Å²) in [5.41, 5.74) is 1.18. The van der Waals surface area contributed by atoms with Gasteiger partial charge in [0.05, 0.1) is 39.9 Å². The van der Waals surface area contributed by atoms with Crippen LogP contribution in [0.25, 0.3) is 10.4 Å². The van der Waals surface area contributed by atoms with E-state index in [1.807, 2.05) is 11.8 Å². The van der Waals surface area contributed by atoms with Crippen LogP contribution in [-0.2, 0) is 4.84 Å². The molecule has 2 atom stereocenters. The molecule has 3 aromatic rings. The van der Waals surface area contributed by atoms with Gasteiger partial charge >= 0.3 is 0 Å². The summed E-state index contributed by atoms with van der Waals surface area (Å²) in [7, 11) is 0. The minimum absolute atomic E-state index is 0.133. The van der Waals surface area contributed by atoms with Gasteiger partial charge in [0.1, 0.15) is 17.6 Å². The third-order valence-electron chi connectivity index (χ3n) is 5.47. The van der Waals surface area contributed by atoms with Crippen molar-refractivity contribution in [3.8, 4) is 10.4 Å². The maximum atomic E-state index is 13.6. The topological polar surface area (TPSA) is 71.5 Å². The number of hydrogen-bond donors (Lipinski definition) is 0. The van der Waals surface area contributed by atoms with Crippen LogP contribution in [0.3, 0.4) is 0 Å². The first-order valence-corrected chi connectivity index (χ1v) is 11.2. The summed E-state index contributed by atoms with van der Waals surface area (Å²) in [5, 5.41) is 2.87. The fourth-order valence-electron chi connectivity index (χ4n) is 4.06. The SMILES string of the molecule is Cc1nc(C(=O)N2CCC[C@H]3ON(c4ncc(Cl)cn4)C[C@H]32)c(-c2ccc(F)cc2)s1. The first kappa shape index (κ1) is 20.3. The Morgan fingerprint density at radius 2 is 2.00 bits per heavy atom. The van der Waals surface area contributed by atoms with Crippen LogP contribution in [0, 0.1) is 12.7 Å². The lowest BCUT2D eigenvalue weighted by Gasteiger charge is -2.35. The molecular formula is C21H19ClFN5O2S. The van der Waals surface area contributed by atoms with Crippen molar-refractivity contribution in [3.63, 3.8) is 0 Å². The third kappa shape index (κ3) is 3.88. The number of thiazole rings is 1. The molecule has 7 nitrogen and oxygen atoms in total. The molecule has 2 fully saturated rings. The van der Waals surface area contributed by atoms with Crippen LogP contribution in [0.1, 0.15) is 28.3 Å². The third-order valence-corrected chi connectivity index (χ3v) is 6.68. The van der Waals surface area contributed by atoms with Crippen LogP contribution in [0.4, 0.5) is 10.3 Å². The number of piperidine rings is 1. The molecule has 0 spiro atoms. The zero-order valence-electron chi connectivity index (χ0n) is 16.7. The van der Waals surface area contributed by atoms with E-state index < -0.39 is 0 Å². The van der Waals surface area contributed by atoms with Crippen LogP contribution in [0.5, 0.6) is 0 Å². The van der Waals surface area contributed by atoms with Gasteiger partial charge in [0.25, 0.3) is 5.91 Å². The number of amides is 1. The van der Waals surface area contributed by atoms with E-state index in [2.05, 4.69) is 15.0 Å². The monoisotopic (exact) mass is 459 g/mol. The Morgan fingerprint density at radius 3 is 2.74 bits per heavy atom. The van der Waals surface area contributed by atoms with Gasteiger partial charge in [-0.25, -0.2) is 24.4 Å². The van der Waals surface area contributed by atoms with Gasteiger partial charge in [-0.3, -0.25) is 9.63 Å². The van der Waals surface area contributed by atoms with Crippen molar-refractivity contribution in [1.29, 1.82) is 0 Å². The second-order valence-electron chi connectivity index (χ2n) is 7.53. The molecule has 2 aromatic heterocycles. The number of hydroxylamine groups is 1. The summed E-state index contributed by atoms with van der Waals surface area (Å²) in [6.45, 7) is 2.96. The average Bonchev–Trinajstić information content (AvgIpc) is 3.38. The smallest absolute Gasteiger partial charge is 0.274 e. The standard InChI is InChI=1S/C21H19ClFN5O2S/c1-12-26-18(19(31-12)13-4-6-15(23)7-5-13)20(29)27-8-2-3-17-16(27)11-28(30-17)21-24-9-14(22)10-25-21/h4-7,9-10,16-17H,2-3,8,11H2,1H3/t16-,17-/m1/s1. The van der Waals surface area contributed by atoms with Crippen LogP contribution < -0.4 is 5.06 Å². The van der Waals surface area contributed by atoms with Crippen molar-refractivity contribution < 1.29 is 14.0 Å². The average molecular weight is 460 g/mol. The van der Waals surface area contributed by atoms with Crippen molar-refractivity contribution in [3.05, 3.63) is 58.2 Å². The zero-order chi connectivity index (χ0) is 21.5. The number of anilines is 1. The summed E-state index contributed by atoms with van der Waals surface area (Å²) in [5.74, 6) is -0.0343. The number of halogens is 2. The first-order chi connectivity index (χ1) is 15.0. The van der Waals surface area contributed by atoms with Crippen molar-refractivity contribution in [2.75, 3.05) is 18.2 Å². The number of aryl methyl sites for hydroxylation is 1. The maximum absolute atomic E-state index is 13.6. The second kappa shape index (κ2) is 8.14. The van der Waals surface area contributed by atoms with Gasteiger partial charge in [-0.15, -0.1) is 11.3 Å². The number of carbonyl (C=O) groups excluding carboxylic acids is 1. The van der Waals surface area contributed by atoms with Gasteiger partial charge in [0.2, 0.25) is 5.95 Å². The van der Waals surface area contributed by atoms with Gasteiger partial charge in [-0.1, -0.05) is 23.7 Å². The van der Waals surface area contributed by atoms with Crippen LogP contribution in [0.15, 0.2) is 36.7 Å². The molecular weight excluding hydrogens is 441 g/mol. The van der Waals surface area contributed by atoms with E-state index in [0.29, 0.717) is 29.8 Å². The molecule has 0 bridgehead atoms. The Balaban J connectivity index is 1.42. The number of nitrogens with zero attached hydrogens (tertiary/aromatic N) is 5. The molecule has 0 radical (unpaired) electrons. The fourth-order valence-corrected chi connectivity index (χ4v) is 5.07. The van der Waals surface area contributed by atoms with Crippen molar-refractivity contribution >= 4 is 34.8 Å². The summed E-state index contributed by atoms with van der Waals surface area (Å²) in [6.07, 6.45) is 4.58. The van der Waals surface area contributed by atoms with E-state index in [0.717, 1.165) is 28.3 Å². The van der Waals surface area contributed by atoms with Crippen LogP contribution in [0.2, 0.25) is 5.02 Å². The molecule has 0 unspecified atom stereocenters. The number of carbonyl (C=O) groups is 1. The lowest BCUT2D eigenvalue weighted by atomic mass is 9.99. The Morgan fingerprint density at radius 1 is 1.26 bits per heavy atom. The number of benzene rings is 1. The molecule has 0 N–H and O–H groups in total. The number of rotatable bonds is 3. The summed E-state index contributed by atoms with van der Waals surface area (Å²) < 4.78 is 13.4. The largest absolute Gasteiger partial charge is 0.330 e. The minimum atomic E-state index is -0.315. The molecule has 1 aromatic carbocycles. The molecule has 0 saturated carbocycles. The minimum Gasteiger partial charge on any atom is -0.330 e. The first-order valence-electron chi connectivity index (χ1n) is 9.96. The van der Waals surface area contributed by atoms with E-state index in [1.54, 1.807) is 17.2 Å². The molecule has 2 aliphatic rings. The summed E-state index contributed by atoms with van der Waals surface area (Å²) >= 11 is 7.32. The molecule has 10 heteroatoms. The van der Waals surface area contributed by atoms with E-state index in [-0.39, 0.29) is 23.9 Å². The lowest BCUT2D eigenvalue weighted by Crippen LogP contribution is -2.50. The molecule has 4 heterocycles. The van der Waals surface area contributed by atoms with Crippen molar-refractivity contribution in [2.24, 2.45) is 0 Å². The molecule has 0 aliphatic carbocycles. The van der Waals surface area contributed by atoms with Gasteiger partial charge in [-0.2, -0.15) is 0 Å². The van der Waals surface area contributed by atoms with E-state index in [9.17, 15) is 9.18 Å². The second-order valence-corrected chi connectivity index (χ2v) is 9.17. The maximum Gasteiger partial charge on any atom is 0.274 e. The predicted octanol–water partition coefficient (Wildman–Crippen LogP) is 4.13. The zero-order valence-corrected chi connectivity index (χ0v) is 18.2. The van der Waals surface area contributed by atoms with Gasteiger partial charge in [-0.05, 0) is 37.5 Å². The summed E-state index contributed by atoms with van der Waals surface area (Å²) in [4.78, 5) is 35.2. The van der Waals surface area contributed by atoms with Crippen LogP contribution >= 0.6 is 22.9 Å². The highest BCUT2D eigenvalue weighted by atomic mass is 35.5. The van der Waals surface area contributed by atoms with E-state index >= 15 is 0 Å². The fraction of sp³-hybridized carbons (Fsp3) is 0.333. The Labute approximate surface area is 187 Å². The predicted molar refractivity (Wildman–Crippen MR) is 116 cm³/mol. The number of fused-ring (bicyclic) bond motifs is 1. The van der Waals surface area contributed by atoms with E-state index in [4.69, 9.17) is 16.4 Å². The summed E-state index contributed by atoms with van der Waals surface area (Å²) in [6, 6.07) is 6.00. The number of aromatic nitrogens is 3. The Bertz CT molecular complexity index is 1110. The molecule has 160 valence electrons. The van der Waals surface area contributed by atoms with Crippen molar-refractivity contribution in [2.45, 2.75) is 31.9 Å². The molecule has 31 heavy (non-hydrogen) atoms. The van der Waals surface area contributed by atoms with Gasteiger partial charge in [0, 0.05) is 6.54 Å². The molecule has 1 amide bonds. The number of hydrogen-bond acceptors (Lipinski definition) is 7. The quantitative estimate of drug-likeness (QED) is 0.586. The normalized spacial score (nSPS) is 20.7. The Hall–Kier alpha value is -2.62.